The second-order valence-electron chi connectivity index (χ2n) is 5.86. The smallest absolute Gasteiger partial charge is 0.252 e. The van der Waals surface area contributed by atoms with Gasteiger partial charge in [0.05, 0.1) is 19.3 Å². The Morgan fingerprint density at radius 3 is 2.25 bits per heavy atom. The molecule has 1 aromatic rings. The number of rotatable bonds is 4. The second-order valence-corrected chi connectivity index (χ2v) is 8.23. The van der Waals surface area contributed by atoms with E-state index in [1.165, 1.54) is 0 Å². The van der Waals surface area contributed by atoms with Gasteiger partial charge >= 0.3 is 0 Å². The molecule has 0 unspecified atom stereocenters. The van der Waals surface area contributed by atoms with Crippen molar-refractivity contribution in [2.75, 3.05) is 20.2 Å². The molecule has 1 heterocycles. The topological polar surface area (TPSA) is 50.8 Å². The second kappa shape index (κ2) is 8.11. The van der Waals surface area contributed by atoms with E-state index in [1.54, 1.807) is 31.4 Å². The van der Waals surface area contributed by atoms with Crippen LogP contribution in [0, 0.1) is 0 Å². The number of nitrogens with zero attached hydrogens (tertiary/aromatic N) is 1. The van der Waals surface area contributed by atoms with Crippen molar-refractivity contribution in [1.82, 2.24) is 10.2 Å². The number of ether oxygens (including phenoxy) is 2. The predicted octanol–water partition coefficient (Wildman–Crippen LogP) is 3.23. The number of halogens is 3. The van der Waals surface area contributed by atoms with Gasteiger partial charge < -0.3 is 14.8 Å². The summed E-state index contributed by atoms with van der Waals surface area (Å²) in [7, 11) is 1.56. The normalized spacial score (nSPS) is 23.6. The highest BCUT2D eigenvalue weighted by Crippen LogP contribution is 2.33. The first-order chi connectivity index (χ1) is 11.2. The van der Waals surface area contributed by atoms with Crippen LogP contribution >= 0.6 is 34.8 Å². The van der Waals surface area contributed by atoms with Crippen LogP contribution < -0.4 is 10.1 Å². The molecular weight excluding hydrogens is 375 g/mol. The molecule has 2 rings (SSSR count). The van der Waals surface area contributed by atoms with E-state index in [4.69, 9.17) is 44.3 Å². The molecular formula is C16H21Cl3N2O3. The number of methoxy groups -OCH3 is 1. The van der Waals surface area contributed by atoms with Crippen LogP contribution in [0.2, 0.25) is 0 Å². The molecule has 8 heteroatoms. The maximum Gasteiger partial charge on any atom is 0.252 e. The number of morpholine rings is 1. The first-order valence-electron chi connectivity index (χ1n) is 7.62. The summed E-state index contributed by atoms with van der Waals surface area (Å²) in [5, 5.41) is 2.82. The Labute approximate surface area is 157 Å². The molecule has 134 valence electrons. The molecule has 1 aliphatic heterocycles. The number of carbonyl (C=O) groups is 1. The number of hydrogen-bond donors (Lipinski definition) is 1. The summed E-state index contributed by atoms with van der Waals surface area (Å²) < 4.78 is 9.11. The lowest BCUT2D eigenvalue weighted by molar-refractivity contribution is -0.0826. The van der Waals surface area contributed by atoms with E-state index in [0.29, 0.717) is 24.4 Å². The van der Waals surface area contributed by atoms with E-state index < -0.39 is 9.96 Å². The molecule has 24 heavy (non-hydrogen) atoms. The number of alkyl halides is 3. The fourth-order valence-electron chi connectivity index (χ4n) is 2.76. The Bertz CT molecular complexity index is 553. The van der Waals surface area contributed by atoms with Crippen LogP contribution in [0.5, 0.6) is 5.75 Å². The summed E-state index contributed by atoms with van der Waals surface area (Å²) in [5.74, 6) is 0.348. The van der Waals surface area contributed by atoms with E-state index in [2.05, 4.69) is 5.32 Å². The quantitative estimate of drug-likeness (QED) is 0.795. The number of amides is 1. The van der Waals surface area contributed by atoms with Crippen molar-refractivity contribution < 1.29 is 14.3 Å². The highest BCUT2D eigenvalue weighted by molar-refractivity contribution is 6.68. The van der Waals surface area contributed by atoms with Gasteiger partial charge in [-0.15, -0.1) is 0 Å². The van der Waals surface area contributed by atoms with Gasteiger partial charge in [0, 0.05) is 18.7 Å². The van der Waals surface area contributed by atoms with E-state index in [0.717, 1.165) is 0 Å². The highest BCUT2D eigenvalue weighted by atomic mass is 35.6. The zero-order chi connectivity index (χ0) is 17.9. The van der Waals surface area contributed by atoms with Crippen molar-refractivity contribution in [1.29, 1.82) is 0 Å². The van der Waals surface area contributed by atoms with Gasteiger partial charge in [-0.25, -0.2) is 0 Å². The van der Waals surface area contributed by atoms with Crippen molar-refractivity contribution in [2.24, 2.45) is 0 Å². The van der Waals surface area contributed by atoms with Gasteiger partial charge in [-0.05, 0) is 38.1 Å². The van der Waals surface area contributed by atoms with Crippen LogP contribution in [-0.4, -0.2) is 53.2 Å². The monoisotopic (exact) mass is 394 g/mol. The van der Waals surface area contributed by atoms with Crippen LogP contribution in [0.1, 0.15) is 24.2 Å². The minimum Gasteiger partial charge on any atom is -0.497 e. The zero-order valence-electron chi connectivity index (χ0n) is 13.8. The van der Waals surface area contributed by atoms with Crippen LogP contribution in [0.15, 0.2) is 24.3 Å². The van der Waals surface area contributed by atoms with E-state index >= 15 is 0 Å². The van der Waals surface area contributed by atoms with E-state index in [-0.39, 0.29) is 18.1 Å². The fourth-order valence-corrected chi connectivity index (χ4v) is 3.34. The molecule has 0 aliphatic carbocycles. The van der Waals surface area contributed by atoms with Gasteiger partial charge in [0.1, 0.15) is 11.9 Å². The highest BCUT2D eigenvalue weighted by Gasteiger charge is 2.41. The zero-order valence-corrected chi connectivity index (χ0v) is 16.0. The maximum atomic E-state index is 12.5. The fraction of sp³-hybridized carbons (Fsp3) is 0.562. The molecule has 1 amide bonds. The number of carbonyl (C=O) groups excluding carboxylic acids is 1. The molecule has 0 radical (unpaired) electrons. The van der Waals surface area contributed by atoms with E-state index in [1.807, 2.05) is 18.7 Å². The Morgan fingerprint density at radius 2 is 1.79 bits per heavy atom. The molecule has 0 aromatic heterocycles. The van der Waals surface area contributed by atoms with Gasteiger partial charge in [-0.3, -0.25) is 9.69 Å². The van der Waals surface area contributed by atoms with Crippen LogP contribution in [0.25, 0.3) is 0 Å². The van der Waals surface area contributed by atoms with Crippen molar-refractivity contribution in [3.8, 4) is 5.75 Å². The third-order valence-electron chi connectivity index (χ3n) is 3.74. The summed E-state index contributed by atoms with van der Waals surface area (Å²) in [6.45, 7) is 5.02. The summed E-state index contributed by atoms with van der Waals surface area (Å²) in [6, 6.07) is 6.73. The lowest BCUT2D eigenvalue weighted by atomic mass is 10.2. The Hall–Kier alpha value is -0.720. The number of benzene rings is 1. The predicted molar refractivity (Wildman–Crippen MR) is 96.1 cm³/mol. The van der Waals surface area contributed by atoms with Crippen molar-refractivity contribution in [3.63, 3.8) is 0 Å². The van der Waals surface area contributed by atoms with Crippen LogP contribution in [0.3, 0.4) is 0 Å². The largest absolute Gasteiger partial charge is 0.497 e. The van der Waals surface area contributed by atoms with Crippen LogP contribution in [-0.2, 0) is 4.74 Å². The lowest BCUT2D eigenvalue weighted by Gasteiger charge is -2.42. The Balaban J connectivity index is 2.14. The molecule has 1 fully saturated rings. The van der Waals surface area contributed by atoms with Gasteiger partial charge in [-0.1, -0.05) is 34.8 Å². The average molecular weight is 396 g/mol. The summed E-state index contributed by atoms with van der Waals surface area (Å²) in [6.07, 6.45) is -0.783. The third kappa shape index (κ3) is 5.14. The molecule has 1 aromatic carbocycles. The molecule has 3 atom stereocenters. The minimum atomic E-state index is -1.67. The lowest BCUT2D eigenvalue weighted by Crippen LogP contribution is -2.60. The standard InChI is InChI=1S/C16H21Cl3N2O3/c1-10-8-21(9-11(2)24-10)15(16(17,18)19)20-14(22)12-4-6-13(23-3)7-5-12/h4-7,10-11,15H,8-9H2,1-3H3,(H,20,22)/t10-,11-,15-/m1/s1. The number of hydrogen-bond acceptors (Lipinski definition) is 4. The molecule has 0 spiro atoms. The molecule has 1 aliphatic rings. The number of nitrogens with one attached hydrogen (secondary N) is 1. The summed E-state index contributed by atoms with van der Waals surface area (Å²) >= 11 is 18.4. The molecule has 0 bridgehead atoms. The first-order valence-corrected chi connectivity index (χ1v) is 8.75. The van der Waals surface area contributed by atoms with Crippen LogP contribution in [0.4, 0.5) is 0 Å². The SMILES string of the molecule is COc1ccc(C(=O)N[C@H](N2C[C@@H](C)O[C@H](C)C2)C(Cl)(Cl)Cl)cc1. The van der Waals surface area contributed by atoms with Gasteiger partial charge in [0.2, 0.25) is 3.79 Å². The Kier molecular flexibility index (Phi) is 6.62. The van der Waals surface area contributed by atoms with E-state index in [9.17, 15) is 4.79 Å². The van der Waals surface area contributed by atoms with Gasteiger partial charge in [0.15, 0.2) is 0 Å². The Morgan fingerprint density at radius 1 is 1.25 bits per heavy atom. The molecule has 0 saturated carbocycles. The summed E-state index contributed by atoms with van der Waals surface area (Å²) in [4.78, 5) is 14.4. The first kappa shape index (κ1) is 19.6. The third-order valence-corrected chi connectivity index (χ3v) is 4.36. The minimum absolute atomic E-state index is 0.0125. The van der Waals surface area contributed by atoms with Crippen molar-refractivity contribution >= 4 is 40.7 Å². The van der Waals surface area contributed by atoms with Gasteiger partial charge in [-0.2, -0.15) is 0 Å². The molecule has 1 saturated heterocycles. The maximum absolute atomic E-state index is 12.5. The van der Waals surface area contributed by atoms with Gasteiger partial charge in [0.25, 0.3) is 5.91 Å². The summed E-state index contributed by atoms with van der Waals surface area (Å²) in [5.41, 5.74) is 0.462. The molecule has 5 nitrogen and oxygen atoms in total. The van der Waals surface area contributed by atoms with Crippen molar-refractivity contribution in [2.45, 2.75) is 36.0 Å². The average Bonchev–Trinajstić information content (AvgIpc) is 2.50. The van der Waals surface area contributed by atoms with Crippen molar-refractivity contribution in [3.05, 3.63) is 29.8 Å². The molecule has 1 N–H and O–H groups in total.